The minimum atomic E-state index is 0. The number of rotatable bonds is 0. The van der Waals surface area contributed by atoms with E-state index in [4.69, 9.17) is 11.5 Å². The fourth-order valence-corrected chi connectivity index (χ4v) is 0.957. The first-order chi connectivity index (χ1) is 5.29. The summed E-state index contributed by atoms with van der Waals surface area (Å²) in [5.41, 5.74) is 13.0. The number of aromatic nitrogens is 3. The molecule has 0 aliphatic carbocycles. The smallest absolute Gasteiger partial charge is 0.171 e. The fraction of sp³-hybridized carbons (Fsp3) is 0. The van der Waals surface area contributed by atoms with Gasteiger partial charge in [0.05, 0.1) is 5.69 Å². The van der Waals surface area contributed by atoms with Crippen molar-refractivity contribution in [2.75, 3.05) is 11.5 Å². The van der Waals surface area contributed by atoms with E-state index in [0.717, 1.165) is 0 Å². The number of H-pyrrole nitrogens is 1. The summed E-state index contributed by atoms with van der Waals surface area (Å²) in [5.74, 6) is 0.382. The second-order valence-corrected chi connectivity index (χ2v) is 2.23. The van der Waals surface area contributed by atoms with Crippen LogP contribution in [0.4, 0.5) is 11.5 Å². The average molecular weight is 222 g/mol. The van der Waals surface area contributed by atoms with Crippen molar-refractivity contribution in [1.82, 2.24) is 15.2 Å². The van der Waals surface area contributed by atoms with E-state index in [1.165, 1.54) is 0 Å². The summed E-state index contributed by atoms with van der Waals surface area (Å²) >= 11 is 0. The largest absolute Gasteiger partial charge is 0.397 e. The number of hydrogen-bond acceptors (Lipinski definition) is 4. The molecule has 0 fully saturated rings. The van der Waals surface area contributed by atoms with Gasteiger partial charge in [-0.15, -0.1) is 24.8 Å². The van der Waals surface area contributed by atoms with Gasteiger partial charge in [0.15, 0.2) is 5.82 Å². The van der Waals surface area contributed by atoms with Crippen molar-refractivity contribution in [3.63, 3.8) is 0 Å². The molecule has 72 valence electrons. The van der Waals surface area contributed by atoms with E-state index in [1.54, 1.807) is 12.3 Å². The van der Waals surface area contributed by atoms with Crippen molar-refractivity contribution in [1.29, 1.82) is 0 Å². The van der Waals surface area contributed by atoms with Gasteiger partial charge >= 0.3 is 0 Å². The van der Waals surface area contributed by atoms with Crippen LogP contribution < -0.4 is 11.5 Å². The first-order valence-electron chi connectivity index (χ1n) is 3.13. The molecule has 0 aromatic carbocycles. The average Bonchev–Trinajstić information content (AvgIpc) is 2.35. The number of nitrogen functional groups attached to an aromatic ring is 2. The molecule has 2 aromatic heterocycles. The second kappa shape index (κ2) is 4.15. The molecular weight excluding hydrogens is 213 g/mol. The molecule has 2 aromatic rings. The number of nitrogens with two attached hydrogens (primary N) is 2. The van der Waals surface area contributed by atoms with Crippen LogP contribution in [0.5, 0.6) is 0 Å². The molecule has 0 aliphatic heterocycles. The lowest BCUT2D eigenvalue weighted by Crippen LogP contribution is -1.88. The van der Waals surface area contributed by atoms with Gasteiger partial charge in [-0.2, -0.15) is 5.10 Å². The lowest BCUT2D eigenvalue weighted by atomic mass is 10.3. The molecule has 13 heavy (non-hydrogen) atoms. The Morgan fingerprint density at radius 1 is 1.23 bits per heavy atom. The van der Waals surface area contributed by atoms with Crippen LogP contribution in [0, 0.1) is 0 Å². The number of pyridine rings is 1. The number of hydrogen-bond donors (Lipinski definition) is 3. The van der Waals surface area contributed by atoms with E-state index in [0.29, 0.717) is 22.5 Å². The highest BCUT2D eigenvalue weighted by Crippen LogP contribution is 2.19. The molecular formula is C6H9Cl2N5. The summed E-state index contributed by atoms with van der Waals surface area (Å²) in [6, 6.07) is 1.69. The normalized spacial score (nSPS) is 8.92. The number of fused-ring (bicyclic) bond motifs is 1. The summed E-state index contributed by atoms with van der Waals surface area (Å²) in [5, 5.41) is 6.46. The van der Waals surface area contributed by atoms with Gasteiger partial charge in [0, 0.05) is 6.20 Å². The molecule has 0 aliphatic rings. The quantitative estimate of drug-likeness (QED) is 0.618. The standard InChI is InChI=1S/C6H7N5.2ClH/c7-3-1-2-9-5-4(3)10-11-6(5)8;;/h1-2H,(H2,7,9)(H3,8,10,11);2*1H. The van der Waals surface area contributed by atoms with Gasteiger partial charge in [-0.05, 0) is 6.07 Å². The van der Waals surface area contributed by atoms with Crippen molar-refractivity contribution >= 4 is 47.4 Å². The van der Waals surface area contributed by atoms with Crippen molar-refractivity contribution < 1.29 is 0 Å². The first kappa shape index (κ1) is 11.8. The van der Waals surface area contributed by atoms with Crippen molar-refractivity contribution in [3.8, 4) is 0 Å². The van der Waals surface area contributed by atoms with E-state index in [2.05, 4.69) is 15.2 Å². The third kappa shape index (κ3) is 1.76. The van der Waals surface area contributed by atoms with Crippen LogP contribution in [-0.2, 0) is 0 Å². The van der Waals surface area contributed by atoms with E-state index in [-0.39, 0.29) is 24.8 Å². The zero-order valence-corrected chi connectivity index (χ0v) is 8.15. The molecule has 0 saturated carbocycles. The van der Waals surface area contributed by atoms with Gasteiger partial charge in [-0.25, -0.2) is 0 Å². The highest BCUT2D eigenvalue weighted by molar-refractivity contribution is 5.92. The van der Waals surface area contributed by atoms with Gasteiger partial charge in [0.1, 0.15) is 11.0 Å². The van der Waals surface area contributed by atoms with Crippen LogP contribution in [0.15, 0.2) is 12.3 Å². The third-order valence-corrected chi connectivity index (χ3v) is 1.51. The number of anilines is 2. The summed E-state index contributed by atoms with van der Waals surface area (Å²) in [6.07, 6.45) is 1.60. The van der Waals surface area contributed by atoms with E-state index >= 15 is 0 Å². The van der Waals surface area contributed by atoms with Crippen molar-refractivity contribution in [2.45, 2.75) is 0 Å². The van der Waals surface area contributed by atoms with Crippen molar-refractivity contribution in [2.24, 2.45) is 0 Å². The zero-order chi connectivity index (χ0) is 7.84. The first-order valence-corrected chi connectivity index (χ1v) is 3.13. The molecule has 0 atom stereocenters. The Morgan fingerprint density at radius 2 is 1.92 bits per heavy atom. The molecule has 5 N–H and O–H groups in total. The molecule has 0 unspecified atom stereocenters. The maximum atomic E-state index is 5.60. The number of nitrogens with zero attached hydrogens (tertiary/aromatic N) is 2. The van der Waals surface area contributed by atoms with Crippen LogP contribution in [0.2, 0.25) is 0 Å². The highest BCUT2D eigenvalue weighted by Gasteiger charge is 2.04. The Hall–Kier alpha value is -1.20. The molecule has 0 amide bonds. The van der Waals surface area contributed by atoms with Crippen LogP contribution in [0.3, 0.4) is 0 Å². The summed E-state index contributed by atoms with van der Waals surface area (Å²) < 4.78 is 0. The fourth-order valence-electron chi connectivity index (χ4n) is 0.957. The number of halogens is 2. The summed E-state index contributed by atoms with van der Waals surface area (Å²) in [4.78, 5) is 4.00. The van der Waals surface area contributed by atoms with Gasteiger partial charge in [-0.3, -0.25) is 10.1 Å². The SMILES string of the molecule is Cl.Cl.Nc1n[nH]c2c(N)ccnc12. The molecule has 2 rings (SSSR count). The Morgan fingerprint density at radius 3 is 2.54 bits per heavy atom. The highest BCUT2D eigenvalue weighted by atomic mass is 35.5. The Balaban J connectivity index is 0.000000720. The third-order valence-electron chi connectivity index (χ3n) is 1.51. The van der Waals surface area contributed by atoms with Crippen LogP contribution in [0.25, 0.3) is 11.0 Å². The maximum absolute atomic E-state index is 5.60. The Bertz CT molecular complexity index is 399. The number of nitrogens with one attached hydrogen (secondary N) is 1. The van der Waals surface area contributed by atoms with Gasteiger partial charge in [0.2, 0.25) is 0 Å². The predicted molar refractivity (Wildman–Crippen MR) is 57.2 cm³/mol. The molecule has 0 bridgehead atoms. The van der Waals surface area contributed by atoms with Crippen LogP contribution >= 0.6 is 24.8 Å². The van der Waals surface area contributed by atoms with E-state index < -0.39 is 0 Å². The lowest BCUT2D eigenvalue weighted by molar-refractivity contribution is 1.13. The maximum Gasteiger partial charge on any atom is 0.171 e. The molecule has 2 heterocycles. The Labute approximate surface area is 86.7 Å². The number of aromatic amines is 1. The second-order valence-electron chi connectivity index (χ2n) is 2.23. The molecule has 0 saturated heterocycles. The molecule has 0 radical (unpaired) electrons. The van der Waals surface area contributed by atoms with E-state index in [1.807, 2.05) is 0 Å². The van der Waals surface area contributed by atoms with Gasteiger partial charge in [0.25, 0.3) is 0 Å². The van der Waals surface area contributed by atoms with Gasteiger partial charge < -0.3 is 11.5 Å². The Kier molecular flexibility index (Phi) is 3.77. The minimum Gasteiger partial charge on any atom is -0.397 e. The molecule has 0 spiro atoms. The lowest BCUT2D eigenvalue weighted by Gasteiger charge is -1.91. The molecule has 5 nitrogen and oxygen atoms in total. The summed E-state index contributed by atoms with van der Waals surface area (Å²) in [6.45, 7) is 0. The minimum absolute atomic E-state index is 0. The van der Waals surface area contributed by atoms with Crippen LogP contribution in [0.1, 0.15) is 0 Å². The van der Waals surface area contributed by atoms with Gasteiger partial charge in [-0.1, -0.05) is 0 Å². The summed E-state index contributed by atoms with van der Waals surface area (Å²) in [7, 11) is 0. The monoisotopic (exact) mass is 221 g/mol. The van der Waals surface area contributed by atoms with Crippen molar-refractivity contribution in [3.05, 3.63) is 12.3 Å². The zero-order valence-electron chi connectivity index (χ0n) is 6.52. The topological polar surface area (TPSA) is 93.6 Å². The molecule has 7 heteroatoms. The van der Waals surface area contributed by atoms with Crippen LogP contribution in [-0.4, -0.2) is 15.2 Å². The predicted octanol–water partition coefficient (Wildman–Crippen LogP) is 0.966. The van der Waals surface area contributed by atoms with E-state index in [9.17, 15) is 0 Å².